The van der Waals surface area contributed by atoms with Crippen molar-refractivity contribution in [1.29, 1.82) is 0 Å². The first-order valence-electron chi connectivity index (χ1n) is 6.53. The fraction of sp³-hybridized carbons (Fsp3) is 0.500. The van der Waals surface area contributed by atoms with E-state index in [2.05, 4.69) is 5.32 Å². The number of carbonyl (C=O) groups excluding carboxylic acids is 1. The summed E-state index contributed by atoms with van der Waals surface area (Å²) in [5, 5.41) is 2.95. The van der Waals surface area contributed by atoms with E-state index >= 15 is 0 Å². The van der Waals surface area contributed by atoms with Crippen molar-refractivity contribution in [3.63, 3.8) is 0 Å². The first-order chi connectivity index (χ1) is 9.06. The van der Waals surface area contributed by atoms with Gasteiger partial charge in [-0.2, -0.15) is 0 Å². The Hall–Kier alpha value is -1.13. The summed E-state index contributed by atoms with van der Waals surface area (Å²) in [4.78, 5) is 12.0. The normalized spacial score (nSPS) is 23.1. The van der Waals surface area contributed by atoms with Crippen molar-refractivity contribution in [2.45, 2.75) is 38.3 Å². The maximum atomic E-state index is 13.0. The topological polar surface area (TPSA) is 55.1 Å². The standard InChI is InChI=1S/C14H18ClFN2O/c15-12-7-9(1-6-13(12)16)8-18-14(19)10-2-4-11(17)5-3-10/h1,6-7,10-11H,2-5,8,17H2,(H,18,19). The number of nitrogens with two attached hydrogens (primary N) is 1. The third kappa shape index (κ3) is 3.91. The zero-order valence-corrected chi connectivity index (χ0v) is 11.4. The first-order valence-corrected chi connectivity index (χ1v) is 6.91. The number of benzene rings is 1. The minimum Gasteiger partial charge on any atom is -0.352 e. The molecule has 0 unspecified atom stereocenters. The van der Waals surface area contributed by atoms with Gasteiger partial charge in [-0.05, 0) is 43.4 Å². The highest BCUT2D eigenvalue weighted by Gasteiger charge is 2.24. The van der Waals surface area contributed by atoms with E-state index in [0.717, 1.165) is 31.2 Å². The van der Waals surface area contributed by atoms with E-state index in [1.165, 1.54) is 12.1 Å². The van der Waals surface area contributed by atoms with Crippen LogP contribution in [0.3, 0.4) is 0 Å². The number of amides is 1. The lowest BCUT2D eigenvalue weighted by Crippen LogP contribution is -2.35. The molecule has 5 heteroatoms. The van der Waals surface area contributed by atoms with Crippen molar-refractivity contribution in [2.75, 3.05) is 0 Å². The Balaban J connectivity index is 1.84. The molecule has 0 saturated heterocycles. The Morgan fingerprint density at radius 1 is 1.37 bits per heavy atom. The lowest BCUT2D eigenvalue weighted by molar-refractivity contribution is -0.126. The molecule has 1 aliphatic rings. The molecule has 1 aromatic carbocycles. The predicted molar refractivity (Wildman–Crippen MR) is 73.2 cm³/mol. The van der Waals surface area contributed by atoms with Crippen LogP contribution in [0.5, 0.6) is 0 Å². The van der Waals surface area contributed by atoms with E-state index in [1.54, 1.807) is 6.07 Å². The maximum absolute atomic E-state index is 13.0. The van der Waals surface area contributed by atoms with Crippen LogP contribution in [0.2, 0.25) is 5.02 Å². The van der Waals surface area contributed by atoms with Crippen LogP contribution in [-0.2, 0) is 11.3 Å². The monoisotopic (exact) mass is 284 g/mol. The molecule has 0 spiro atoms. The number of nitrogens with one attached hydrogen (secondary N) is 1. The largest absolute Gasteiger partial charge is 0.352 e. The molecule has 1 fully saturated rings. The summed E-state index contributed by atoms with van der Waals surface area (Å²) < 4.78 is 13.0. The van der Waals surface area contributed by atoms with E-state index < -0.39 is 5.82 Å². The lowest BCUT2D eigenvalue weighted by atomic mass is 9.86. The van der Waals surface area contributed by atoms with Crippen LogP contribution in [0.1, 0.15) is 31.2 Å². The molecule has 0 bridgehead atoms. The number of hydrogen-bond acceptors (Lipinski definition) is 2. The molecule has 3 N–H and O–H groups in total. The average Bonchev–Trinajstić information content (AvgIpc) is 2.40. The van der Waals surface area contributed by atoms with Gasteiger partial charge in [0, 0.05) is 18.5 Å². The van der Waals surface area contributed by atoms with Crippen molar-refractivity contribution in [1.82, 2.24) is 5.32 Å². The van der Waals surface area contributed by atoms with Gasteiger partial charge in [0.15, 0.2) is 0 Å². The van der Waals surface area contributed by atoms with Gasteiger partial charge in [0.2, 0.25) is 5.91 Å². The summed E-state index contributed by atoms with van der Waals surface area (Å²) in [6, 6.07) is 4.70. The van der Waals surface area contributed by atoms with E-state index in [9.17, 15) is 9.18 Å². The molecule has 0 atom stereocenters. The summed E-state index contributed by atoms with van der Waals surface area (Å²) in [7, 11) is 0. The third-order valence-electron chi connectivity index (χ3n) is 3.59. The molecule has 3 nitrogen and oxygen atoms in total. The fourth-order valence-corrected chi connectivity index (χ4v) is 2.57. The number of hydrogen-bond donors (Lipinski definition) is 2. The van der Waals surface area contributed by atoms with Gasteiger partial charge < -0.3 is 11.1 Å². The summed E-state index contributed by atoms with van der Waals surface area (Å²) in [5.74, 6) is -0.346. The van der Waals surface area contributed by atoms with E-state index in [-0.39, 0.29) is 22.9 Å². The van der Waals surface area contributed by atoms with Crippen molar-refractivity contribution < 1.29 is 9.18 Å². The highest BCUT2D eigenvalue weighted by Crippen LogP contribution is 2.23. The highest BCUT2D eigenvalue weighted by molar-refractivity contribution is 6.30. The van der Waals surface area contributed by atoms with Crippen molar-refractivity contribution in [3.8, 4) is 0 Å². The molecule has 0 aliphatic heterocycles. The molecular formula is C14H18ClFN2O. The second kappa shape index (κ2) is 6.35. The van der Waals surface area contributed by atoms with Crippen LogP contribution < -0.4 is 11.1 Å². The quantitative estimate of drug-likeness (QED) is 0.896. The van der Waals surface area contributed by atoms with E-state index in [1.807, 2.05) is 0 Å². The third-order valence-corrected chi connectivity index (χ3v) is 3.88. The zero-order chi connectivity index (χ0) is 13.8. The molecule has 1 aliphatic carbocycles. The molecule has 0 radical (unpaired) electrons. The van der Waals surface area contributed by atoms with Crippen LogP contribution in [0.25, 0.3) is 0 Å². The van der Waals surface area contributed by atoms with Gasteiger partial charge in [-0.3, -0.25) is 4.79 Å². The Morgan fingerprint density at radius 3 is 2.68 bits per heavy atom. The molecular weight excluding hydrogens is 267 g/mol. The second-order valence-corrected chi connectivity index (χ2v) is 5.49. The van der Waals surface area contributed by atoms with Crippen LogP contribution in [0.15, 0.2) is 18.2 Å². The Labute approximate surface area is 117 Å². The number of rotatable bonds is 3. The summed E-state index contributed by atoms with van der Waals surface area (Å²) in [6.07, 6.45) is 3.50. The van der Waals surface area contributed by atoms with E-state index in [4.69, 9.17) is 17.3 Å². The van der Waals surface area contributed by atoms with Gasteiger partial charge in [0.25, 0.3) is 0 Å². The average molecular weight is 285 g/mol. The van der Waals surface area contributed by atoms with Crippen molar-refractivity contribution in [2.24, 2.45) is 11.7 Å². The predicted octanol–water partition coefficient (Wildman–Crippen LogP) is 2.61. The molecule has 0 aromatic heterocycles. The molecule has 19 heavy (non-hydrogen) atoms. The minimum absolute atomic E-state index is 0.0485. The maximum Gasteiger partial charge on any atom is 0.223 e. The molecule has 104 valence electrons. The van der Waals surface area contributed by atoms with Gasteiger partial charge >= 0.3 is 0 Å². The number of halogens is 2. The van der Waals surface area contributed by atoms with Crippen LogP contribution in [0, 0.1) is 11.7 Å². The summed E-state index contributed by atoms with van der Waals surface area (Å²) in [6.45, 7) is 0.376. The Morgan fingerprint density at radius 2 is 2.05 bits per heavy atom. The number of carbonyl (C=O) groups is 1. The van der Waals surface area contributed by atoms with Crippen molar-refractivity contribution in [3.05, 3.63) is 34.6 Å². The molecule has 1 aromatic rings. The van der Waals surface area contributed by atoms with Gasteiger partial charge in [-0.15, -0.1) is 0 Å². The summed E-state index contributed by atoms with van der Waals surface area (Å²) in [5.41, 5.74) is 6.61. The Kier molecular flexibility index (Phi) is 4.77. The van der Waals surface area contributed by atoms with Crippen LogP contribution >= 0.6 is 11.6 Å². The van der Waals surface area contributed by atoms with Gasteiger partial charge in [-0.1, -0.05) is 17.7 Å². The molecule has 1 saturated carbocycles. The van der Waals surface area contributed by atoms with Gasteiger partial charge in [0.05, 0.1) is 5.02 Å². The zero-order valence-electron chi connectivity index (χ0n) is 10.7. The summed E-state index contributed by atoms with van der Waals surface area (Å²) >= 11 is 5.69. The lowest BCUT2D eigenvalue weighted by Gasteiger charge is -2.25. The van der Waals surface area contributed by atoms with Crippen LogP contribution in [-0.4, -0.2) is 11.9 Å². The first kappa shape index (κ1) is 14.3. The molecule has 2 rings (SSSR count). The van der Waals surface area contributed by atoms with Gasteiger partial charge in [-0.25, -0.2) is 4.39 Å². The fourth-order valence-electron chi connectivity index (χ4n) is 2.36. The smallest absolute Gasteiger partial charge is 0.223 e. The van der Waals surface area contributed by atoms with Gasteiger partial charge in [0.1, 0.15) is 5.82 Å². The molecule has 1 amide bonds. The highest BCUT2D eigenvalue weighted by atomic mass is 35.5. The van der Waals surface area contributed by atoms with Crippen LogP contribution in [0.4, 0.5) is 4.39 Å². The second-order valence-electron chi connectivity index (χ2n) is 5.08. The SMILES string of the molecule is NC1CCC(C(=O)NCc2ccc(F)c(Cl)c2)CC1. The minimum atomic E-state index is -0.446. The Bertz CT molecular complexity index is 459. The van der Waals surface area contributed by atoms with Crippen molar-refractivity contribution >= 4 is 17.5 Å². The van der Waals surface area contributed by atoms with E-state index in [0.29, 0.717) is 6.54 Å². The molecule has 0 heterocycles.